The van der Waals surface area contributed by atoms with E-state index in [4.69, 9.17) is 14.7 Å². The maximum Gasteiger partial charge on any atom is 0.392 e. The van der Waals surface area contributed by atoms with Gasteiger partial charge in [0.05, 0.1) is 18.5 Å². The molecule has 8 nitrogen and oxygen atoms in total. The number of pyridine rings is 1. The molecule has 35 heavy (non-hydrogen) atoms. The van der Waals surface area contributed by atoms with Gasteiger partial charge in [-0.1, -0.05) is 25.5 Å². The van der Waals surface area contributed by atoms with E-state index in [1.165, 1.54) is 35.8 Å². The number of hydroxylamine groups is 1. The van der Waals surface area contributed by atoms with Crippen molar-refractivity contribution in [3.05, 3.63) is 65.9 Å². The number of ether oxygens (including phenoxy) is 2. The van der Waals surface area contributed by atoms with E-state index in [1.54, 1.807) is 24.3 Å². The lowest BCUT2D eigenvalue weighted by Crippen LogP contribution is -2.39. The monoisotopic (exact) mass is 491 g/mol. The van der Waals surface area contributed by atoms with E-state index in [2.05, 4.69) is 10.3 Å². The van der Waals surface area contributed by atoms with Crippen LogP contribution in [0.2, 0.25) is 0 Å². The topological polar surface area (TPSA) is 110 Å². The summed E-state index contributed by atoms with van der Waals surface area (Å²) in [5.74, 6) is -0.770. The molecule has 3 N–H and O–H groups in total. The Morgan fingerprint density at radius 3 is 2.46 bits per heavy atom. The van der Waals surface area contributed by atoms with Crippen LogP contribution in [0.25, 0.3) is 10.9 Å². The third kappa shape index (κ3) is 7.31. The molecule has 0 aliphatic carbocycles. The van der Waals surface area contributed by atoms with E-state index in [0.29, 0.717) is 29.5 Å². The minimum Gasteiger partial charge on any atom is -0.492 e. The molecule has 3 rings (SSSR count). The molecule has 0 saturated heterocycles. The lowest BCUT2D eigenvalue weighted by atomic mass is 10.1. The number of carbonyl (C=O) groups excluding carboxylic acids is 2. The van der Waals surface area contributed by atoms with Gasteiger partial charge in [-0.2, -0.15) is 13.2 Å². The molecular formula is C24H24F3N3O5. The molecule has 1 atom stereocenters. The molecule has 0 bridgehead atoms. The zero-order valence-electron chi connectivity index (χ0n) is 18.8. The van der Waals surface area contributed by atoms with Crippen LogP contribution in [0.3, 0.4) is 0 Å². The number of hydrogen-bond acceptors (Lipinski definition) is 6. The molecule has 11 heteroatoms. The third-order valence-corrected chi connectivity index (χ3v) is 4.89. The number of benzene rings is 2. The largest absolute Gasteiger partial charge is 0.492 e. The van der Waals surface area contributed by atoms with Gasteiger partial charge in [-0.05, 0) is 36.4 Å². The molecule has 3 aromatic rings. The first-order valence-corrected chi connectivity index (χ1v) is 10.8. The van der Waals surface area contributed by atoms with Crippen molar-refractivity contribution in [1.29, 1.82) is 0 Å². The molecule has 2 aromatic carbocycles. The first kappa shape index (κ1) is 25.8. The highest BCUT2D eigenvalue weighted by Gasteiger charge is 2.27. The van der Waals surface area contributed by atoms with E-state index in [0.717, 1.165) is 0 Å². The maximum atomic E-state index is 13.0. The summed E-state index contributed by atoms with van der Waals surface area (Å²) in [7, 11) is 0. The van der Waals surface area contributed by atoms with Crippen LogP contribution in [0.5, 0.6) is 11.5 Å². The second kappa shape index (κ2) is 11.5. The van der Waals surface area contributed by atoms with Crippen LogP contribution in [0.1, 0.15) is 47.0 Å². The summed E-state index contributed by atoms with van der Waals surface area (Å²) >= 11 is 0. The van der Waals surface area contributed by atoms with Crippen LogP contribution < -0.4 is 20.3 Å². The summed E-state index contributed by atoms with van der Waals surface area (Å²) in [5, 5.41) is 11.9. The highest BCUT2D eigenvalue weighted by molar-refractivity contribution is 5.97. The summed E-state index contributed by atoms with van der Waals surface area (Å²) in [6.07, 6.45) is -5.11. The lowest BCUT2D eigenvalue weighted by Gasteiger charge is -2.20. The van der Waals surface area contributed by atoms with E-state index in [1.807, 2.05) is 6.92 Å². The molecule has 0 spiro atoms. The molecule has 2 amide bonds. The molecule has 1 aromatic heterocycles. The smallest absolute Gasteiger partial charge is 0.392 e. The number of nitrogens with zero attached hydrogens (tertiary/aromatic N) is 1. The zero-order valence-corrected chi connectivity index (χ0v) is 18.8. The van der Waals surface area contributed by atoms with Gasteiger partial charge in [0, 0.05) is 23.4 Å². The predicted molar refractivity (Wildman–Crippen MR) is 120 cm³/mol. The Bertz CT molecular complexity index is 1170. The second-order valence-electron chi connectivity index (χ2n) is 7.57. The molecule has 0 aliphatic rings. The van der Waals surface area contributed by atoms with Crippen molar-refractivity contribution in [3.63, 3.8) is 0 Å². The van der Waals surface area contributed by atoms with Crippen molar-refractivity contribution >= 4 is 22.7 Å². The molecule has 1 heterocycles. The van der Waals surface area contributed by atoms with Crippen molar-refractivity contribution in [1.82, 2.24) is 15.8 Å². The molecule has 0 fully saturated rings. The van der Waals surface area contributed by atoms with Gasteiger partial charge in [0.25, 0.3) is 11.8 Å². The number of amides is 2. The summed E-state index contributed by atoms with van der Waals surface area (Å²) < 4.78 is 48.8. The summed E-state index contributed by atoms with van der Waals surface area (Å²) in [5.41, 5.74) is 2.11. The van der Waals surface area contributed by atoms with Crippen LogP contribution in [-0.4, -0.2) is 41.0 Å². The maximum absolute atomic E-state index is 13.0. The van der Waals surface area contributed by atoms with Gasteiger partial charge in [-0.25, -0.2) is 10.5 Å². The van der Waals surface area contributed by atoms with Crippen LogP contribution >= 0.6 is 0 Å². The van der Waals surface area contributed by atoms with Crippen molar-refractivity contribution < 1.29 is 37.4 Å². The fourth-order valence-electron chi connectivity index (χ4n) is 3.21. The molecule has 0 radical (unpaired) electrons. The Labute approximate surface area is 199 Å². The quantitative estimate of drug-likeness (QED) is 0.217. The van der Waals surface area contributed by atoms with E-state index in [9.17, 15) is 22.8 Å². The van der Waals surface area contributed by atoms with Gasteiger partial charge in [0.15, 0.2) is 6.23 Å². The summed E-state index contributed by atoms with van der Waals surface area (Å²) in [6.45, 7) is 1.31. The summed E-state index contributed by atoms with van der Waals surface area (Å²) in [6, 6.07) is 13.9. The predicted octanol–water partition coefficient (Wildman–Crippen LogP) is 4.62. The van der Waals surface area contributed by atoms with Gasteiger partial charge < -0.3 is 14.8 Å². The van der Waals surface area contributed by atoms with E-state index < -0.39 is 37.2 Å². The Hall–Kier alpha value is -3.86. The number of alkyl halides is 3. The van der Waals surface area contributed by atoms with E-state index >= 15 is 0 Å². The Balaban J connectivity index is 1.77. The fourth-order valence-corrected chi connectivity index (χ4v) is 3.21. The molecule has 186 valence electrons. The Morgan fingerprint density at radius 1 is 1.09 bits per heavy atom. The van der Waals surface area contributed by atoms with E-state index in [-0.39, 0.29) is 17.0 Å². The van der Waals surface area contributed by atoms with Crippen molar-refractivity contribution in [2.75, 3.05) is 6.61 Å². The Kier molecular flexibility index (Phi) is 8.48. The number of rotatable bonds is 10. The van der Waals surface area contributed by atoms with Gasteiger partial charge in [0.1, 0.15) is 17.2 Å². The number of hydrogen-bond donors (Lipinski definition) is 3. The number of aromatic nitrogens is 1. The van der Waals surface area contributed by atoms with Crippen molar-refractivity contribution in [3.8, 4) is 11.5 Å². The number of fused-ring (bicyclic) bond motifs is 1. The minimum atomic E-state index is -4.37. The Morgan fingerprint density at radius 2 is 1.80 bits per heavy atom. The first-order valence-electron chi connectivity index (χ1n) is 10.8. The molecular weight excluding hydrogens is 467 g/mol. The van der Waals surface area contributed by atoms with Gasteiger partial charge in [-0.15, -0.1) is 0 Å². The highest BCUT2D eigenvalue weighted by atomic mass is 19.4. The highest BCUT2D eigenvalue weighted by Crippen LogP contribution is 2.27. The molecule has 0 saturated carbocycles. The zero-order chi connectivity index (χ0) is 25.4. The number of halogens is 3. The lowest BCUT2D eigenvalue weighted by molar-refractivity contribution is -0.139. The van der Waals surface area contributed by atoms with Crippen LogP contribution in [0.4, 0.5) is 13.2 Å². The van der Waals surface area contributed by atoms with Crippen molar-refractivity contribution in [2.24, 2.45) is 0 Å². The SMILES string of the molecule is CCCC(NC(=O)c1cc(OCCC(F)(F)F)c2ccccc2n1)Oc1ccc(C(=O)NO)cc1. The van der Waals surface area contributed by atoms with Crippen LogP contribution in [0, 0.1) is 0 Å². The minimum absolute atomic E-state index is 0.0367. The van der Waals surface area contributed by atoms with Crippen LogP contribution in [0.15, 0.2) is 54.6 Å². The average Bonchev–Trinajstić information content (AvgIpc) is 2.83. The van der Waals surface area contributed by atoms with Crippen LogP contribution in [-0.2, 0) is 0 Å². The summed E-state index contributed by atoms with van der Waals surface area (Å²) in [4.78, 5) is 28.7. The second-order valence-corrected chi connectivity index (χ2v) is 7.57. The van der Waals surface area contributed by atoms with Crippen molar-refractivity contribution in [2.45, 2.75) is 38.6 Å². The number of nitrogens with one attached hydrogen (secondary N) is 2. The molecule has 1 unspecified atom stereocenters. The normalized spacial score (nSPS) is 12.1. The number of para-hydroxylation sites is 1. The average molecular weight is 491 g/mol. The first-order chi connectivity index (χ1) is 16.7. The van der Waals surface area contributed by atoms with Gasteiger partial charge in [-0.3, -0.25) is 14.8 Å². The third-order valence-electron chi connectivity index (χ3n) is 4.89. The number of carbonyl (C=O) groups is 2. The standard InChI is InChI=1S/C24H24F3N3O5/c1-2-5-21(35-16-10-8-15(9-11-16)22(31)30-33)29-23(32)19-14-20(34-13-12-24(25,26)27)17-6-3-4-7-18(17)28-19/h3-4,6-11,14,21,33H,2,5,12-13H2,1H3,(H,29,32)(H,30,31). The van der Waals surface area contributed by atoms with Gasteiger partial charge in [0.2, 0.25) is 0 Å². The van der Waals surface area contributed by atoms with Gasteiger partial charge >= 0.3 is 6.18 Å². The molecule has 0 aliphatic heterocycles. The fraction of sp³-hybridized carbons (Fsp3) is 0.292.